The minimum Gasteiger partial charge on any atom is -0.370 e. The molecule has 0 saturated carbocycles. The SMILES string of the molecule is CC(C)C[C@H](NC(=O)[C@H](Cc1ccccc1)NC(=O)[C@@H]1CCC(=O)N1)C(=O)N[C@@H](Cc1ccccc1)C(=O)N1CCC[C@H]1C(=O)N[C@@H](CCCN=C(N)N)C(=O)N[C@@H](CC(N)=O)C(N)=O. The van der Waals surface area contributed by atoms with E-state index in [1.807, 2.05) is 19.9 Å². The van der Waals surface area contributed by atoms with Gasteiger partial charge in [0.2, 0.25) is 53.2 Å². The van der Waals surface area contributed by atoms with Gasteiger partial charge in [-0.2, -0.15) is 0 Å². The molecule has 0 aromatic heterocycles. The summed E-state index contributed by atoms with van der Waals surface area (Å²) < 4.78 is 0. The molecule has 352 valence electrons. The van der Waals surface area contributed by atoms with Gasteiger partial charge in [0.1, 0.15) is 42.3 Å². The predicted octanol–water partition coefficient (Wildman–Crippen LogP) is -2.37. The third-order valence-corrected chi connectivity index (χ3v) is 10.9. The van der Waals surface area contributed by atoms with Crippen molar-refractivity contribution in [3.63, 3.8) is 0 Å². The third-order valence-electron chi connectivity index (χ3n) is 10.9. The molecule has 7 atom stereocenters. The number of hydrogen-bond donors (Lipinski definition) is 10. The number of carbonyl (C=O) groups excluding carboxylic acids is 9. The van der Waals surface area contributed by atoms with E-state index in [1.165, 1.54) is 4.90 Å². The van der Waals surface area contributed by atoms with Crippen molar-refractivity contribution in [1.29, 1.82) is 0 Å². The summed E-state index contributed by atoms with van der Waals surface area (Å²) in [4.78, 5) is 125. The van der Waals surface area contributed by atoms with Gasteiger partial charge in [0.25, 0.3) is 0 Å². The monoisotopic (exact) mass is 902 g/mol. The van der Waals surface area contributed by atoms with E-state index in [0.29, 0.717) is 12.0 Å². The van der Waals surface area contributed by atoms with Crippen molar-refractivity contribution < 1.29 is 43.2 Å². The summed E-state index contributed by atoms with van der Waals surface area (Å²) in [5, 5.41) is 16.1. The van der Waals surface area contributed by atoms with Crippen molar-refractivity contribution in [2.45, 2.75) is 120 Å². The van der Waals surface area contributed by atoms with Crippen LogP contribution in [0.3, 0.4) is 0 Å². The second-order valence-corrected chi connectivity index (χ2v) is 16.7. The Morgan fingerprint density at radius 2 is 1.26 bits per heavy atom. The maximum atomic E-state index is 14.6. The molecule has 0 unspecified atom stereocenters. The summed E-state index contributed by atoms with van der Waals surface area (Å²) in [5.74, 6) is -6.48. The van der Waals surface area contributed by atoms with Gasteiger partial charge < -0.3 is 59.7 Å². The first-order chi connectivity index (χ1) is 30.9. The average Bonchev–Trinajstić information content (AvgIpc) is 3.93. The summed E-state index contributed by atoms with van der Waals surface area (Å²) in [7, 11) is 0. The smallest absolute Gasteiger partial charge is 0.246 e. The molecule has 14 N–H and O–H groups in total. The number of nitrogens with two attached hydrogens (primary N) is 4. The Hall–Kier alpha value is -7.06. The molecule has 2 fully saturated rings. The first kappa shape index (κ1) is 50.6. The zero-order valence-corrected chi connectivity index (χ0v) is 36.8. The van der Waals surface area contributed by atoms with Crippen LogP contribution in [0.2, 0.25) is 0 Å². The van der Waals surface area contributed by atoms with Crippen LogP contribution in [-0.4, -0.2) is 119 Å². The van der Waals surface area contributed by atoms with Crippen molar-refractivity contribution in [1.82, 2.24) is 36.8 Å². The highest BCUT2D eigenvalue weighted by Gasteiger charge is 2.40. The lowest BCUT2D eigenvalue weighted by Crippen LogP contribution is -2.60. The van der Waals surface area contributed by atoms with Crippen molar-refractivity contribution in [2.24, 2.45) is 33.8 Å². The Kier molecular flexibility index (Phi) is 19.2. The molecule has 21 heteroatoms. The van der Waals surface area contributed by atoms with Crippen LogP contribution in [-0.2, 0) is 56.0 Å². The van der Waals surface area contributed by atoms with Crippen LogP contribution in [0.25, 0.3) is 0 Å². The van der Waals surface area contributed by atoms with Crippen LogP contribution in [0.5, 0.6) is 0 Å². The van der Waals surface area contributed by atoms with E-state index in [4.69, 9.17) is 22.9 Å². The van der Waals surface area contributed by atoms with E-state index in [1.54, 1.807) is 54.6 Å². The van der Waals surface area contributed by atoms with Gasteiger partial charge >= 0.3 is 0 Å². The third kappa shape index (κ3) is 16.2. The number of hydrogen-bond acceptors (Lipinski definition) is 10. The second kappa shape index (κ2) is 24.7. The summed E-state index contributed by atoms with van der Waals surface area (Å²) in [6.07, 6.45) is 0.933. The highest BCUT2D eigenvalue weighted by atomic mass is 16.2. The molecular formula is C44H62N12O9. The topological polar surface area (TPSA) is 345 Å². The summed E-state index contributed by atoms with van der Waals surface area (Å²) in [6.45, 7) is 3.95. The fourth-order valence-corrected chi connectivity index (χ4v) is 7.68. The lowest BCUT2D eigenvalue weighted by molar-refractivity contribution is -0.142. The van der Waals surface area contributed by atoms with Gasteiger partial charge in [-0.05, 0) is 55.6 Å². The van der Waals surface area contributed by atoms with Gasteiger partial charge in [0.05, 0.1) is 6.42 Å². The molecule has 2 aliphatic heterocycles. The molecule has 9 amide bonds. The van der Waals surface area contributed by atoms with Crippen LogP contribution in [0.4, 0.5) is 0 Å². The molecule has 4 rings (SSSR count). The van der Waals surface area contributed by atoms with E-state index in [9.17, 15) is 43.2 Å². The minimum absolute atomic E-state index is 0.0141. The van der Waals surface area contributed by atoms with Gasteiger partial charge in [-0.1, -0.05) is 74.5 Å². The lowest BCUT2D eigenvalue weighted by Gasteiger charge is -2.31. The number of amides is 9. The van der Waals surface area contributed by atoms with E-state index in [2.05, 4.69) is 36.9 Å². The molecule has 65 heavy (non-hydrogen) atoms. The Morgan fingerprint density at radius 3 is 1.82 bits per heavy atom. The molecule has 0 radical (unpaired) electrons. The lowest BCUT2D eigenvalue weighted by atomic mass is 9.99. The predicted molar refractivity (Wildman–Crippen MR) is 238 cm³/mol. The highest BCUT2D eigenvalue weighted by molar-refractivity contribution is 5.98. The molecule has 2 aromatic rings. The number of guanidine groups is 1. The van der Waals surface area contributed by atoms with Gasteiger partial charge in [-0.25, -0.2) is 0 Å². The molecule has 2 aliphatic rings. The van der Waals surface area contributed by atoms with Crippen LogP contribution in [0, 0.1) is 5.92 Å². The molecule has 0 aliphatic carbocycles. The summed E-state index contributed by atoms with van der Waals surface area (Å²) >= 11 is 0. The maximum Gasteiger partial charge on any atom is 0.246 e. The average molecular weight is 903 g/mol. The van der Waals surface area contributed by atoms with E-state index >= 15 is 0 Å². The summed E-state index contributed by atoms with van der Waals surface area (Å²) in [5.41, 5.74) is 22.9. The molecule has 0 spiro atoms. The number of nitrogens with one attached hydrogen (secondary N) is 6. The Balaban J connectivity index is 1.57. The number of likely N-dealkylation sites (tertiary alicyclic amines) is 1. The molecule has 2 heterocycles. The van der Waals surface area contributed by atoms with Crippen molar-refractivity contribution >= 4 is 59.1 Å². The van der Waals surface area contributed by atoms with Gasteiger partial charge in [-0.15, -0.1) is 0 Å². The number of aliphatic imine (C=N–C) groups is 1. The Labute approximate surface area is 377 Å². The fourth-order valence-electron chi connectivity index (χ4n) is 7.68. The van der Waals surface area contributed by atoms with Gasteiger partial charge in [0.15, 0.2) is 5.96 Å². The van der Waals surface area contributed by atoms with E-state index < -0.39 is 96.0 Å². The number of primary amides is 2. The quantitative estimate of drug-likeness (QED) is 0.0302. The van der Waals surface area contributed by atoms with Gasteiger partial charge in [0, 0.05) is 32.4 Å². The number of benzene rings is 2. The largest absolute Gasteiger partial charge is 0.370 e. The van der Waals surface area contributed by atoms with Crippen molar-refractivity contribution in [2.75, 3.05) is 13.1 Å². The zero-order chi connectivity index (χ0) is 47.6. The minimum atomic E-state index is -1.46. The summed E-state index contributed by atoms with van der Waals surface area (Å²) in [6, 6.07) is 9.74. The molecule has 21 nitrogen and oxygen atoms in total. The maximum absolute atomic E-state index is 14.6. The highest BCUT2D eigenvalue weighted by Crippen LogP contribution is 2.21. The number of rotatable bonds is 24. The Morgan fingerprint density at radius 1 is 0.708 bits per heavy atom. The standard InChI is InChI=1S/C44H62N12O9/c1-25(2)21-31(53-41(63)32(22-26-11-5-3-6-12-26)54-39(61)29-17-18-36(58)50-29)40(62)55-33(23-27-13-7-4-8-14-27)43(65)56-20-10-16-34(56)42(64)51-28(15-9-19-49-44(47)48)38(60)52-30(37(46)59)24-35(45)57/h3-8,11-14,25,28-34H,9-10,15-24H2,1-2H3,(H2,45,57)(H2,46,59)(H,50,58)(H,51,64)(H,52,60)(H,53,63)(H,54,61)(H,55,62)(H4,47,48,49)/t28-,29-,30-,31-,32-,33-,34-/m0/s1. The van der Waals surface area contributed by atoms with Crippen LogP contribution in [0.15, 0.2) is 65.7 Å². The van der Waals surface area contributed by atoms with Gasteiger partial charge in [-0.3, -0.25) is 48.1 Å². The van der Waals surface area contributed by atoms with Crippen LogP contribution < -0.4 is 54.8 Å². The second-order valence-electron chi connectivity index (χ2n) is 16.7. The number of carbonyl (C=O) groups is 9. The normalized spacial score (nSPS) is 17.9. The van der Waals surface area contributed by atoms with Crippen LogP contribution in [0.1, 0.15) is 76.3 Å². The Bertz CT molecular complexity index is 2050. The van der Waals surface area contributed by atoms with Crippen molar-refractivity contribution in [3.8, 4) is 0 Å². The number of nitrogens with zero attached hydrogens (tertiary/aromatic N) is 2. The zero-order valence-electron chi connectivity index (χ0n) is 36.8. The molecule has 2 saturated heterocycles. The molecular weight excluding hydrogens is 841 g/mol. The van der Waals surface area contributed by atoms with E-state index in [-0.39, 0.29) is 82.2 Å². The first-order valence-electron chi connectivity index (χ1n) is 21.7. The molecule has 2 aromatic carbocycles. The van der Waals surface area contributed by atoms with Crippen molar-refractivity contribution in [3.05, 3.63) is 71.8 Å². The first-order valence-corrected chi connectivity index (χ1v) is 21.7. The fraction of sp³-hybridized carbons (Fsp3) is 0.500. The molecule has 0 bridgehead atoms. The van der Waals surface area contributed by atoms with E-state index in [0.717, 1.165) is 5.56 Å². The van der Waals surface area contributed by atoms with Crippen LogP contribution >= 0.6 is 0 Å².